The number of hydrogen-bond donors (Lipinski definition) is 1. The van der Waals surface area contributed by atoms with Gasteiger partial charge in [0.25, 0.3) is 0 Å². The minimum atomic E-state index is -1.05. The summed E-state index contributed by atoms with van der Waals surface area (Å²) in [6, 6.07) is 13.3. The first-order valence-electron chi connectivity index (χ1n) is 6.90. The van der Waals surface area contributed by atoms with Crippen molar-refractivity contribution in [3.05, 3.63) is 75.6 Å². The van der Waals surface area contributed by atoms with Crippen LogP contribution in [0.1, 0.15) is 15.9 Å². The fraction of sp³-hybridized carbons (Fsp3) is 0. The molecule has 0 fully saturated rings. The van der Waals surface area contributed by atoms with Crippen LogP contribution >= 0.6 is 22.6 Å². The van der Waals surface area contributed by atoms with Gasteiger partial charge < -0.3 is 5.11 Å². The van der Waals surface area contributed by atoms with E-state index < -0.39 is 11.8 Å². The lowest BCUT2D eigenvalue weighted by Crippen LogP contribution is -2.03. The van der Waals surface area contributed by atoms with E-state index >= 15 is 0 Å². The Bertz CT molecular complexity index is 947. The van der Waals surface area contributed by atoms with Crippen LogP contribution in [0.4, 0.5) is 4.39 Å². The van der Waals surface area contributed by atoms with Crippen LogP contribution in [0.25, 0.3) is 28.0 Å². The largest absolute Gasteiger partial charge is 0.478 e. The van der Waals surface area contributed by atoms with Crippen molar-refractivity contribution in [2.75, 3.05) is 0 Å². The highest BCUT2D eigenvalue weighted by atomic mass is 127. The highest BCUT2D eigenvalue weighted by Gasteiger charge is 2.19. The molecule has 0 saturated carbocycles. The Morgan fingerprint density at radius 1 is 1.17 bits per heavy atom. The zero-order valence-corrected chi connectivity index (χ0v) is 14.2. The van der Waals surface area contributed by atoms with Gasteiger partial charge in [-0.1, -0.05) is 36.9 Å². The van der Waals surface area contributed by atoms with Gasteiger partial charge in [-0.2, -0.15) is 0 Å². The second-order valence-corrected chi connectivity index (χ2v) is 6.23. The first-order chi connectivity index (χ1) is 11.0. The minimum absolute atomic E-state index is 0.141. The van der Waals surface area contributed by atoms with Gasteiger partial charge in [-0.3, -0.25) is 0 Å². The van der Waals surface area contributed by atoms with Gasteiger partial charge in [0, 0.05) is 14.5 Å². The number of rotatable bonds is 3. The zero-order chi connectivity index (χ0) is 16.6. The molecule has 23 heavy (non-hydrogen) atoms. The summed E-state index contributed by atoms with van der Waals surface area (Å²) in [5, 5.41) is 11.3. The molecular formula is C19H12FIO2. The molecule has 0 heterocycles. The molecule has 0 unspecified atom stereocenters. The summed E-state index contributed by atoms with van der Waals surface area (Å²) in [7, 11) is 0. The molecule has 1 N–H and O–H groups in total. The number of fused-ring (bicyclic) bond motifs is 1. The average molecular weight is 418 g/mol. The third kappa shape index (κ3) is 2.74. The van der Waals surface area contributed by atoms with E-state index in [2.05, 4.69) is 29.2 Å². The summed E-state index contributed by atoms with van der Waals surface area (Å²) >= 11 is 2.17. The smallest absolute Gasteiger partial charge is 0.336 e. The second kappa shape index (κ2) is 6.12. The van der Waals surface area contributed by atoms with Gasteiger partial charge in [0.05, 0.1) is 5.56 Å². The number of aromatic carboxylic acids is 1. The Kier molecular flexibility index (Phi) is 4.17. The van der Waals surface area contributed by atoms with E-state index in [1.54, 1.807) is 24.3 Å². The molecule has 2 nitrogen and oxygen atoms in total. The quantitative estimate of drug-likeness (QED) is 0.563. The van der Waals surface area contributed by atoms with Crippen molar-refractivity contribution in [3.8, 4) is 11.1 Å². The molecule has 114 valence electrons. The van der Waals surface area contributed by atoms with E-state index in [0.29, 0.717) is 11.1 Å². The lowest BCUT2D eigenvalue weighted by molar-refractivity contribution is 0.0698. The van der Waals surface area contributed by atoms with Crippen molar-refractivity contribution in [2.45, 2.75) is 0 Å². The zero-order valence-electron chi connectivity index (χ0n) is 12.0. The fourth-order valence-electron chi connectivity index (χ4n) is 2.74. The molecule has 0 aromatic heterocycles. The van der Waals surface area contributed by atoms with Gasteiger partial charge in [-0.05, 0) is 63.4 Å². The first-order valence-corrected chi connectivity index (χ1v) is 7.97. The van der Waals surface area contributed by atoms with Crippen LogP contribution in [-0.4, -0.2) is 11.1 Å². The normalized spacial score (nSPS) is 10.7. The molecule has 0 aliphatic carbocycles. The Morgan fingerprint density at radius 3 is 2.57 bits per heavy atom. The lowest BCUT2D eigenvalue weighted by atomic mass is 9.90. The van der Waals surface area contributed by atoms with Gasteiger partial charge in [-0.15, -0.1) is 0 Å². The van der Waals surface area contributed by atoms with E-state index in [0.717, 1.165) is 19.9 Å². The van der Waals surface area contributed by atoms with E-state index in [-0.39, 0.29) is 5.56 Å². The van der Waals surface area contributed by atoms with Crippen molar-refractivity contribution >= 4 is 45.4 Å². The molecule has 0 saturated heterocycles. The molecule has 0 atom stereocenters. The standard InChI is InChI=1S/C19H12FIO2/c1-2-11-10-15(19(22)23)17(12-5-3-6-13(20)9-12)18-14(11)7-4-8-16(18)21/h2-10H,1H2,(H,22,23). The van der Waals surface area contributed by atoms with Gasteiger partial charge in [0.1, 0.15) is 5.82 Å². The molecule has 3 rings (SSSR count). The van der Waals surface area contributed by atoms with Crippen LogP contribution in [0.3, 0.4) is 0 Å². The van der Waals surface area contributed by atoms with E-state index in [1.165, 1.54) is 12.1 Å². The first kappa shape index (κ1) is 15.7. The number of hydrogen-bond acceptors (Lipinski definition) is 1. The predicted molar refractivity (Wildman–Crippen MR) is 99.1 cm³/mol. The molecule has 0 spiro atoms. The molecule has 0 bridgehead atoms. The summed E-state index contributed by atoms with van der Waals surface area (Å²) < 4.78 is 14.6. The van der Waals surface area contributed by atoms with Gasteiger partial charge in [-0.25, -0.2) is 9.18 Å². The monoisotopic (exact) mass is 418 g/mol. The summed E-state index contributed by atoms with van der Waals surface area (Å²) in [5.41, 5.74) is 1.97. The van der Waals surface area contributed by atoms with Crippen molar-refractivity contribution in [3.63, 3.8) is 0 Å². The summed E-state index contributed by atoms with van der Waals surface area (Å²) in [5.74, 6) is -1.44. The Hall–Kier alpha value is -2.21. The third-order valence-electron chi connectivity index (χ3n) is 3.71. The maximum atomic E-state index is 13.7. The highest BCUT2D eigenvalue weighted by molar-refractivity contribution is 14.1. The van der Waals surface area contributed by atoms with Gasteiger partial charge in [0.2, 0.25) is 0 Å². The molecule has 0 radical (unpaired) electrons. The third-order valence-corrected chi connectivity index (χ3v) is 4.61. The second-order valence-electron chi connectivity index (χ2n) is 5.07. The number of benzene rings is 3. The Labute approximate surface area is 146 Å². The van der Waals surface area contributed by atoms with Crippen LogP contribution < -0.4 is 0 Å². The minimum Gasteiger partial charge on any atom is -0.478 e. The van der Waals surface area contributed by atoms with E-state index in [1.807, 2.05) is 18.2 Å². The van der Waals surface area contributed by atoms with Crippen molar-refractivity contribution in [2.24, 2.45) is 0 Å². The number of carboxylic acid groups (broad SMARTS) is 1. The number of carbonyl (C=O) groups is 1. The van der Waals surface area contributed by atoms with Crippen LogP contribution in [0, 0.1) is 9.39 Å². The molecule has 4 heteroatoms. The number of halogens is 2. The SMILES string of the molecule is C=Cc1cc(C(=O)O)c(-c2cccc(F)c2)c2c(I)cccc12. The molecular weight excluding hydrogens is 406 g/mol. The molecule has 3 aromatic carbocycles. The van der Waals surface area contributed by atoms with Crippen molar-refractivity contribution < 1.29 is 14.3 Å². The molecule has 0 aliphatic heterocycles. The van der Waals surface area contributed by atoms with Crippen LogP contribution in [0.15, 0.2) is 55.1 Å². The molecule has 3 aromatic rings. The maximum Gasteiger partial charge on any atom is 0.336 e. The maximum absolute atomic E-state index is 13.7. The van der Waals surface area contributed by atoms with Crippen molar-refractivity contribution in [1.82, 2.24) is 0 Å². The van der Waals surface area contributed by atoms with E-state index in [9.17, 15) is 14.3 Å². The van der Waals surface area contributed by atoms with Gasteiger partial charge >= 0.3 is 5.97 Å². The average Bonchev–Trinajstić information content (AvgIpc) is 2.53. The Balaban J connectivity index is 2.55. The van der Waals surface area contributed by atoms with Crippen LogP contribution in [0.2, 0.25) is 0 Å². The van der Waals surface area contributed by atoms with Crippen LogP contribution in [-0.2, 0) is 0 Å². The summed E-state index contributed by atoms with van der Waals surface area (Å²) in [6.45, 7) is 3.77. The highest BCUT2D eigenvalue weighted by Crippen LogP contribution is 2.37. The lowest BCUT2D eigenvalue weighted by Gasteiger charge is -2.15. The number of carboxylic acids is 1. The van der Waals surface area contributed by atoms with Crippen LogP contribution in [0.5, 0.6) is 0 Å². The van der Waals surface area contributed by atoms with Crippen molar-refractivity contribution in [1.29, 1.82) is 0 Å². The topological polar surface area (TPSA) is 37.3 Å². The van der Waals surface area contributed by atoms with Gasteiger partial charge in [0.15, 0.2) is 0 Å². The summed E-state index contributed by atoms with van der Waals surface area (Å²) in [4.78, 5) is 11.8. The molecule has 0 amide bonds. The Morgan fingerprint density at radius 2 is 1.91 bits per heavy atom. The van der Waals surface area contributed by atoms with E-state index in [4.69, 9.17) is 0 Å². The fourth-order valence-corrected chi connectivity index (χ4v) is 3.51. The summed E-state index contributed by atoms with van der Waals surface area (Å²) in [6.07, 6.45) is 1.64. The molecule has 0 aliphatic rings. The predicted octanol–water partition coefficient (Wildman–Crippen LogP) is 5.59.